The number of unbranched alkanes of at least 4 members (excludes halogenated alkanes) is 13. The number of aliphatic hydroxyl groups is 1. The molecule has 1 N–H and O–H groups in total. The minimum atomic E-state index is -0.985. The van der Waals surface area contributed by atoms with Crippen LogP contribution in [0, 0.1) is 0 Å². The molecule has 1 rings (SSSR count). The Kier molecular flexibility index (Phi) is 15.6. The highest BCUT2D eigenvalue weighted by Gasteiger charge is 2.15. The summed E-state index contributed by atoms with van der Waals surface area (Å²) >= 11 is 0. The minimum absolute atomic E-state index is 0.232. The van der Waals surface area contributed by atoms with E-state index in [1.54, 1.807) is 0 Å². The monoisotopic (exact) mass is 390 g/mol. The van der Waals surface area contributed by atoms with Gasteiger partial charge in [0.15, 0.2) is 6.10 Å². The Labute approximate surface area is 172 Å². The molecular formula is C25H42O3. The van der Waals surface area contributed by atoms with Crippen LogP contribution in [0.4, 0.5) is 0 Å². The fraction of sp³-hybridized carbons (Fsp3) is 0.720. The highest BCUT2D eigenvalue weighted by molar-refractivity contribution is 5.74. The summed E-state index contributed by atoms with van der Waals surface area (Å²) < 4.78 is 5.17. The van der Waals surface area contributed by atoms with E-state index < -0.39 is 12.1 Å². The van der Waals surface area contributed by atoms with Crippen molar-refractivity contribution in [3.63, 3.8) is 0 Å². The van der Waals surface area contributed by atoms with Crippen LogP contribution in [0.1, 0.15) is 109 Å². The Bertz CT molecular complexity index is 472. The first-order valence-electron chi connectivity index (χ1n) is 11.6. The minimum Gasteiger partial charge on any atom is -0.459 e. The third-order valence-electron chi connectivity index (χ3n) is 5.33. The summed E-state index contributed by atoms with van der Waals surface area (Å²) in [5.74, 6) is -0.501. The van der Waals surface area contributed by atoms with Crippen LogP contribution in [0.15, 0.2) is 30.3 Å². The molecule has 0 saturated carbocycles. The summed E-state index contributed by atoms with van der Waals surface area (Å²) in [5.41, 5.74) is 0.944. The average molecular weight is 391 g/mol. The molecule has 0 bridgehead atoms. The molecule has 0 fully saturated rings. The maximum Gasteiger partial charge on any atom is 0.335 e. The van der Waals surface area contributed by atoms with Gasteiger partial charge in [-0.3, -0.25) is 0 Å². The normalized spacial score (nSPS) is 12.1. The summed E-state index contributed by atoms with van der Waals surface area (Å²) in [6, 6.07) is 9.57. The molecule has 0 aliphatic heterocycles. The molecule has 1 aromatic carbocycles. The first-order valence-corrected chi connectivity index (χ1v) is 11.6. The van der Waals surface area contributed by atoms with Crippen molar-refractivity contribution in [2.24, 2.45) is 0 Å². The summed E-state index contributed by atoms with van der Waals surface area (Å²) in [6.07, 6.45) is 17.8. The fourth-order valence-electron chi connectivity index (χ4n) is 3.47. The van der Waals surface area contributed by atoms with Gasteiger partial charge in [-0.1, -0.05) is 127 Å². The third-order valence-corrected chi connectivity index (χ3v) is 5.33. The highest BCUT2D eigenvalue weighted by Crippen LogP contribution is 2.14. The van der Waals surface area contributed by atoms with E-state index in [0.717, 1.165) is 18.4 Å². The molecule has 0 spiro atoms. The zero-order chi connectivity index (χ0) is 20.3. The smallest absolute Gasteiger partial charge is 0.335 e. The molecule has 0 radical (unpaired) electrons. The van der Waals surface area contributed by atoms with Crippen molar-refractivity contribution in [2.45, 2.75) is 116 Å². The van der Waals surface area contributed by atoms with Crippen LogP contribution >= 0.6 is 0 Å². The van der Waals surface area contributed by atoms with Crippen molar-refractivity contribution in [2.75, 3.05) is 0 Å². The van der Waals surface area contributed by atoms with E-state index in [1.807, 2.05) is 30.3 Å². The summed E-state index contributed by atoms with van der Waals surface area (Å²) in [7, 11) is 0. The number of esters is 1. The molecular weight excluding hydrogens is 348 g/mol. The van der Waals surface area contributed by atoms with Gasteiger partial charge in [0.25, 0.3) is 0 Å². The second-order valence-corrected chi connectivity index (χ2v) is 7.99. The maximum absolute atomic E-state index is 11.8. The largest absolute Gasteiger partial charge is 0.459 e. The van der Waals surface area contributed by atoms with Gasteiger partial charge in [-0.15, -0.1) is 0 Å². The predicted octanol–water partition coefficient (Wildman–Crippen LogP) is 6.96. The van der Waals surface area contributed by atoms with E-state index in [4.69, 9.17) is 4.74 Å². The van der Waals surface area contributed by atoms with Gasteiger partial charge in [0.2, 0.25) is 0 Å². The molecule has 1 atom stereocenters. The number of benzene rings is 1. The van der Waals surface area contributed by atoms with Gasteiger partial charge >= 0.3 is 5.97 Å². The van der Waals surface area contributed by atoms with E-state index in [-0.39, 0.29) is 6.61 Å². The van der Waals surface area contributed by atoms with Crippen LogP contribution in [0.25, 0.3) is 0 Å². The number of rotatable bonds is 18. The van der Waals surface area contributed by atoms with Crippen LogP contribution in [0.3, 0.4) is 0 Å². The lowest BCUT2D eigenvalue weighted by Gasteiger charge is -2.10. The van der Waals surface area contributed by atoms with Gasteiger partial charge in [0.1, 0.15) is 6.61 Å². The second kappa shape index (κ2) is 17.7. The molecule has 28 heavy (non-hydrogen) atoms. The molecule has 0 aliphatic carbocycles. The summed E-state index contributed by atoms with van der Waals surface area (Å²) in [4.78, 5) is 11.8. The fourth-order valence-corrected chi connectivity index (χ4v) is 3.47. The van der Waals surface area contributed by atoms with Crippen molar-refractivity contribution in [1.29, 1.82) is 0 Å². The number of ether oxygens (including phenoxy) is 1. The van der Waals surface area contributed by atoms with Crippen LogP contribution in [0.5, 0.6) is 0 Å². The number of hydrogen-bond acceptors (Lipinski definition) is 3. The number of hydrogen-bond donors (Lipinski definition) is 1. The molecule has 0 saturated heterocycles. The standard InChI is InChI=1S/C25H42O3/c1-2-3-4-5-6-7-8-9-10-11-12-13-14-18-21-24(26)25(27)28-22-23-19-16-15-17-20-23/h15-17,19-20,24,26H,2-14,18,21-22H2,1H3. The molecule has 0 heterocycles. The van der Waals surface area contributed by atoms with Gasteiger partial charge in [0.05, 0.1) is 0 Å². The SMILES string of the molecule is CCCCCCCCCCCCCCCCC(O)C(=O)OCc1ccccc1. The zero-order valence-electron chi connectivity index (χ0n) is 18.0. The van der Waals surface area contributed by atoms with E-state index in [2.05, 4.69) is 6.92 Å². The van der Waals surface area contributed by atoms with E-state index in [0.29, 0.717) is 6.42 Å². The van der Waals surface area contributed by atoms with Gasteiger partial charge in [-0.2, -0.15) is 0 Å². The Morgan fingerprint density at radius 3 is 1.75 bits per heavy atom. The second-order valence-electron chi connectivity index (χ2n) is 7.99. The van der Waals surface area contributed by atoms with Crippen LogP contribution in [-0.4, -0.2) is 17.2 Å². The molecule has 160 valence electrons. The number of carbonyl (C=O) groups excluding carboxylic acids is 1. The maximum atomic E-state index is 11.8. The molecule has 0 aliphatic rings. The topological polar surface area (TPSA) is 46.5 Å². The third kappa shape index (κ3) is 13.8. The lowest BCUT2D eigenvalue weighted by atomic mass is 10.0. The van der Waals surface area contributed by atoms with Crippen LogP contribution in [-0.2, 0) is 16.1 Å². The zero-order valence-corrected chi connectivity index (χ0v) is 18.0. The lowest BCUT2D eigenvalue weighted by Crippen LogP contribution is -2.22. The number of aliphatic hydroxyl groups excluding tert-OH is 1. The molecule has 3 nitrogen and oxygen atoms in total. The van der Waals surface area contributed by atoms with Gasteiger partial charge in [-0.05, 0) is 12.0 Å². The van der Waals surface area contributed by atoms with E-state index in [1.165, 1.54) is 77.0 Å². The quantitative estimate of drug-likeness (QED) is 0.218. The van der Waals surface area contributed by atoms with Crippen molar-refractivity contribution < 1.29 is 14.6 Å². The Morgan fingerprint density at radius 2 is 1.25 bits per heavy atom. The van der Waals surface area contributed by atoms with Gasteiger partial charge < -0.3 is 9.84 Å². The van der Waals surface area contributed by atoms with Crippen molar-refractivity contribution in [3.8, 4) is 0 Å². The highest BCUT2D eigenvalue weighted by atomic mass is 16.5. The summed E-state index contributed by atoms with van der Waals surface area (Å²) in [6.45, 7) is 2.50. The molecule has 1 aromatic rings. The average Bonchev–Trinajstić information content (AvgIpc) is 2.72. The van der Waals surface area contributed by atoms with Crippen molar-refractivity contribution in [1.82, 2.24) is 0 Å². The van der Waals surface area contributed by atoms with Crippen molar-refractivity contribution >= 4 is 5.97 Å². The van der Waals surface area contributed by atoms with Crippen LogP contribution < -0.4 is 0 Å². The number of carbonyl (C=O) groups is 1. The molecule has 1 unspecified atom stereocenters. The van der Waals surface area contributed by atoms with E-state index >= 15 is 0 Å². The first kappa shape index (κ1) is 24.7. The Morgan fingerprint density at radius 1 is 0.786 bits per heavy atom. The summed E-state index contributed by atoms with van der Waals surface area (Å²) in [5, 5.41) is 9.91. The van der Waals surface area contributed by atoms with Gasteiger partial charge in [-0.25, -0.2) is 4.79 Å². The van der Waals surface area contributed by atoms with Crippen LogP contribution in [0.2, 0.25) is 0 Å². The predicted molar refractivity (Wildman–Crippen MR) is 117 cm³/mol. The van der Waals surface area contributed by atoms with E-state index in [9.17, 15) is 9.90 Å². The molecule has 0 amide bonds. The Hall–Kier alpha value is -1.35. The Balaban J connectivity index is 1.85. The lowest BCUT2D eigenvalue weighted by molar-refractivity contribution is -0.155. The molecule has 3 heteroatoms. The molecule has 0 aromatic heterocycles. The van der Waals surface area contributed by atoms with Gasteiger partial charge in [0, 0.05) is 0 Å². The van der Waals surface area contributed by atoms with Crippen molar-refractivity contribution in [3.05, 3.63) is 35.9 Å². The first-order chi connectivity index (χ1) is 13.7.